The van der Waals surface area contributed by atoms with Crippen LogP contribution in [0.2, 0.25) is 0 Å². The van der Waals surface area contributed by atoms with Crippen molar-refractivity contribution in [2.24, 2.45) is 11.8 Å². The van der Waals surface area contributed by atoms with Gasteiger partial charge in [-0.25, -0.2) is 0 Å². The maximum Gasteiger partial charge on any atom is 0.119 e. The standard InChI is InChI=1S/C19H29NO/c1-13-6-4-8-18(14(13)2)20-19-9-5-7-15-12-16(21-3)10-11-17(15)19/h10-14,18-20H,4-9H2,1-3H3. The molecule has 0 saturated heterocycles. The molecule has 2 aliphatic carbocycles. The van der Waals surface area contributed by atoms with Gasteiger partial charge in [-0.15, -0.1) is 0 Å². The average Bonchev–Trinajstić information content (AvgIpc) is 2.51. The van der Waals surface area contributed by atoms with Crippen molar-refractivity contribution in [1.82, 2.24) is 5.32 Å². The van der Waals surface area contributed by atoms with E-state index in [2.05, 4.69) is 37.4 Å². The molecular weight excluding hydrogens is 258 g/mol. The van der Waals surface area contributed by atoms with Gasteiger partial charge in [0.2, 0.25) is 0 Å². The van der Waals surface area contributed by atoms with E-state index >= 15 is 0 Å². The topological polar surface area (TPSA) is 21.3 Å². The van der Waals surface area contributed by atoms with Gasteiger partial charge in [0, 0.05) is 12.1 Å². The first-order chi connectivity index (χ1) is 10.2. The Bertz CT molecular complexity index is 484. The Balaban J connectivity index is 1.76. The third kappa shape index (κ3) is 3.11. The second-order valence-corrected chi connectivity index (χ2v) is 7.05. The molecule has 0 bridgehead atoms. The van der Waals surface area contributed by atoms with Crippen molar-refractivity contribution in [3.63, 3.8) is 0 Å². The van der Waals surface area contributed by atoms with Gasteiger partial charge in [-0.3, -0.25) is 0 Å². The molecule has 2 heteroatoms. The zero-order valence-electron chi connectivity index (χ0n) is 13.7. The summed E-state index contributed by atoms with van der Waals surface area (Å²) in [6.07, 6.45) is 7.88. The molecule has 3 rings (SSSR count). The van der Waals surface area contributed by atoms with Gasteiger partial charge in [0.1, 0.15) is 5.75 Å². The summed E-state index contributed by atoms with van der Waals surface area (Å²) < 4.78 is 5.38. The molecule has 21 heavy (non-hydrogen) atoms. The number of aryl methyl sites for hydroxylation is 1. The molecule has 1 N–H and O–H groups in total. The number of benzene rings is 1. The van der Waals surface area contributed by atoms with E-state index in [0.29, 0.717) is 12.1 Å². The molecule has 4 atom stereocenters. The molecule has 0 heterocycles. The highest BCUT2D eigenvalue weighted by molar-refractivity contribution is 5.39. The van der Waals surface area contributed by atoms with Crippen molar-refractivity contribution in [1.29, 1.82) is 0 Å². The Labute approximate surface area is 129 Å². The zero-order valence-corrected chi connectivity index (χ0v) is 13.7. The van der Waals surface area contributed by atoms with Crippen molar-refractivity contribution in [2.75, 3.05) is 7.11 Å². The second kappa shape index (κ2) is 6.39. The van der Waals surface area contributed by atoms with Crippen LogP contribution < -0.4 is 10.1 Å². The van der Waals surface area contributed by atoms with Gasteiger partial charge in [-0.2, -0.15) is 0 Å². The fourth-order valence-corrected chi connectivity index (χ4v) is 4.17. The number of ether oxygens (including phenoxy) is 1. The van der Waals surface area contributed by atoms with Crippen LogP contribution >= 0.6 is 0 Å². The molecule has 0 aromatic heterocycles. The third-order valence-corrected chi connectivity index (χ3v) is 5.79. The first-order valence-electron chi connectivity index (χ1n) is 8.62. The van der Waals surface area contributed by atoms with Crippen molar-refractivity contribution in [3.05, 3.63) is 29.3 Å². The summed E-state index contributed by atoms with van der Waals surface area (Å²) in [4.78, 5) is 0. The maximum atomic E-state index is 5.38. The zero-order chi connectivity index (χ0) is 14.8. The van der Waals surface area contributed by atoms with E-state index in [1.54, 1.807) is 7.11 Å². The average molecular weight is 287 g/mol. The monoisotopic (exact) mass is 287 g/mol. The summed E-state index contributed by atoms with van der Waals surface area (Å²) in [5, 5.41) is 3.99. The van der Waals surface area contributed by atoms with Crippen LogP contribution in [0.5, 0.6) is 5.75 Å². The Kier molecular flexibility index (Phi) is 4.54. The fraction of sp³-hybridized carbons (Fsp3) is 0.684. The van der Waals surface area contributed by atoms with Crippen LogP contribution in [0.25, 0.3) is 0 Å². The number of rotatable bonds is 3. The fourth-order valence-electron chi connectivity index (χ4n) is 4.17. The van der Waals surface area contributed by atoms with E-state index in [1.807, 2.05) is 0 Å². The highest BCUT2D eigenvalue weighted by Gasteiger charge is 2.30. The first kappa shape index (κ1) is 14.9. The van der Waals surface area contributed by atoms with Crippen molar-refractivity contribution in [3.8, 4) is 5.75 Å². The van der Waals surface area contributed by atoms with E-state index < -0.39 is 0 Å². The molecule has 1 aromatic carbocycles. The Morgan fingerprint density at radius 2 is 1.95 bits per heavy atom. The largest absolute Gasteiger partial charge is 0.497 e. The van der Waals surface area contributed by atoms with Gasteiger partial charge in [0.15, 0.2) is 0 Å². The van der Waals surface area contributed by atoms with E-state index in [4.69, 9.17) is 4.74 Å². The van der Waals surface area contributed by atoms with Crippen LogP contribution in [-0.2, 0) is 6.42 Å². The molecule has 2 nitrogen and oxygen atoms in total. The van der Waals surface area contributed by atoms with E-state index in [-0.39, 0.29) is 0 Å². The second-order valence-electron chi connectivity index (χ2n) is 7.05. The Hall–Kier alpha value is -1.02. The molecule has 4 unspecified atom stereocenters. The minimum Gasteiger partial charge on any atom is -0.497 e. The molecule has 1 fully saturated rings. The van der Waals surface area contributed by atoms with Gasteiger partial charge < -0.3 is 10.1 Å². The normalized spacial score (nSPS) is 32.5. The highest BCUT2D eigenvalue weighted by Crippen LogP contribution is 2.36. The summed E-state index contributed by atoms with van der Waals surface area (Å²) in [6, 6.07) is 7.85. The van der Waals surface area contributed by atoms with Crippen LogP contribution in [-0.4, -0.2) is 13.2 Å². The predicted molar refractivity (Wildman–Crippen MR) is 87.8 cm³/mol. The molecular formula is C19H29NO. The number of hydrogen-bond acceptors (Lipinski definition) is 2. The van der Waals surface area contributed by atoms with Gasteiger partial charge in [-0.1, -0.05) is 32.8 Å². The molecule has 1 saturated carbocycles. The van der Waals surface area contributed by atoms with Crippen LogP contribution in [0.1, 0.15) is 63.1 Å². The number of hydrogen-bond donors (Lipinski definition) is 1. The van der Waals surface area contributed by atoms with Crippen molar-refractivity contribution in [2.45, 2.75) is 64.5 Å². The lowest BCUT2D eigenvalue weighted by Gasteiger charge is -2.38. The Morgan fingerprint density at radius 1 is 1.10 bits per heavy atom. The third-order valence-electron chi connectivity index (χ3n) is 5.79. The van der Waals surface area contributed by atoms with Crippen molar-refractivity contribution < 1.29 is 4.74 Å². The molecule has 0 aliphatic heterocycles. The van der Waals surface area contributed by atoms with Crippen LogP contribution in [0.3, 0.4) is 0 Å². The van der Waals surface area contributed by atoms with E-state index in [9.17, 15) is 0 Å². The SMILES string of the molecule is COc1ccc2c(c1)CCCC2NC1CCCC(C)C1C. The molecule has 116 valence electrons. The number of methoxy groups -OCH3 is 1. The highest BCUT2D eigenvalue weighted by atomic mass is 16.5. The molecule has 0 amide bonds. The first-order valence-corrected chi connectivity index (χ1v) is 8.62. The van der Waals surface area contributed by atoms with Gasteiger partial charge in [0.25, 0.3) is 0 Å². The lowest BCUT2D eigenvalue weighted by Crippen LogP contribution is -2.43. The summed E-state index contributed by atoms with van der Waals surface area (Å²) >= 11 is 0. The number of nitrogens with one attached hydrogen (secondary N) is 1. The molecule has 1 aromatic rings. The smallest absolute Gasteiger partial charge is 0.119 e. The van der Waals surface area contributed by atoms with E-state index in [0.717, 1.165) is 17.6 Å². The summed E-state index contributed by atoms with van der Waals surface area (Å²) in [5.41, 5.74) is 2.99. The van der Waals surface area contributed by atoms with Crippen molar-refractivity contribution >= 4 is 0 Å². The lowest BCUT2D eigenvalue weighted by molar-refractivity contribution is 0.189. The van der Waals surface area contributed by atoms with E-state index in [1.165, 1.54) is 49.7 Å². The lowest BCUT2D eigenvalue weighted by atomic mass is 9.77. The summed E-state index contributed by atoms with van der Waals surface area (Å²) in [6.45, 7) is 4.84. The van der Waals surface area contributed by atoms with Crippen LogP contribution in [0.15, 0.2) is 18.2 Å². The van der Waals surface area contributed by atoms with Gasteiger partial charge in [0.05, 0.1) is 7.11 Å². The van der Waals surface area contributed by atoms with Crippen LogP contribution in [0, 0.1) is 11.8 Å². The summed E-state index contributed by atoms with van der Waals surface area (Å²) in [7, 11) is 1.76. The van der Waals surface area contributed by atoms with Gasteiger partial charge >= 0.3 is 0 Å². The van der Waals surface area contributed by atoms with Gasteiger partial charge in [-0.05, 0) is 60.8 Å². The number of fused-ring (bicyclic) bond motifs is 1. The Morgan fingerprint density at radius 3 is 2.76 bits per heavy atom. The molecule has 0 spiro atoms. The quantitative estimate of drug-likeness (QED) is 0.884. The minimum atomic E-state index is 0.539. The minimum absolute atomic E-state index is 0.539. The predicted octanol–water partition coefficient (Wildman–Crippen LogP) is 4.49. The molecule has 2 aliphatic rings. The summed E-state index contributed by atoms with van der Waals surface area (Å²) in [5.74, 6) is 2.65. The van der Waals surface area contributed by atoms with Crippen LogP contribution in [0.4, 0.5) is 0 Å². The maximum absolute atomic E-state index is 5.38. The molecule has 0 radical (unpaired) electrons.